The molecule has 3 atom stereocenters. The molecule has 0 heterocycles. The zero-order chi connectivity index (χ0) is 10.3. The lowest BCUT2D eigenvalue weighted by Gasteiger charge is -2.20. The third-order valence-electron chi connectivity index (χ3n) is 4.88. The molecule has 0 saturated heterocycles. The minimum Gasteiger partial charge on any atom is -0.314 e. The van der Waals surface area contributed by atoms with Gasteiger partial charge in [0.2, 0.25) is 0 Å². The summed E-state index contributed by atoms with van der Waals surface area (Å²) in [5.74, 6) is 4.46. The van der Waals surface area contributed by atoms with Gasteiger partial charge in [-0.05, 0) is 55.9 Å². The lowest BCUT2D eigenvalue weighted by Crippen LogP contribution is -2.33. The Hall–Kier alpha value is -0.0400. The van der Waals surface area contributed by atoms with Crippen LogP contribution < -0.4 is 5.32 Å². The van der Waals surface area contributed by atoms with Crippen LogP contribution >= 0.6 is 0 Å². The Labute approximate surface area is 94.0 Å². The predicted octanol–water partition coefficient (Wildman–Crippen LogP) is 3.20. The van der Waals surface area contributed by atoms with Crippen molar-refractivity contribution in [3.63, 3.8) is 0 Å². The zero-order valence-electron chi connectivity index (χ0n) is 10.0. The van der Waals surface area contributed by atoms with Crippen molar-refractivity contribution in [3.8, 4) is 0 Å². The molecule has 3 saturated carbocycles. The molecular formula is C14H25N. The summed E-state index contributed by atoms with van der Waals surface area (Å²) in [5, 5.41) is 3.83. The van der Waals surface area contributed by atoms with E-state index in [9.17, 15) is 0 Å². The van der Waals surface area contributed by atoms with Crippen LogP contribution in [0.15, 0.2) is 0 Å². The van der Waals surface area contributed by atoms with Gasteiger partial charge < -0.3 is 5.32 Å². The first kappa shape index (κ1) is 10.1. The highest BCUT2D eigenvalue weighted by atomic mass is 14.9. The van der Waals surface area contributed by atoms with Crippen molar-refractivity contribution >= 4 is 0 Å². The molecule has 0 spiro atoms. The third-order valence-corrected chi connectivity index (χ3v) is 4.88. The van der Waals surface area contributed by atoms with E-state index in [1.54, 1.807) is 12.8 Å². The molecule has 0 radical (unpaired) electrons. The van der Waals surface area contributed by atoms with Crippen molar-refractivity contribution in [2.45, 2.75) is 57.9 Å². The van der Waals surface area contributed by atoms with E-state index >= 15 is 0 Å². The van der Waals surface area contributed by atoms with Gasteiger partial charge in [0.05, 0.1) is 0 Å². The fourth-order valence-electron chi connectivity index (χ4n) is 3.89. The summed E-state index contributed by atoms with van der Waals surface area (Å²) in [6, 6.07) is 0.896. The van der Waals surface area contributed by atoms with E-state index in [4.69, 9.17) is 0 Å². The number of fused-ring (bicyclic) bond motifs is 1. The molecule has 1 N–H and O–H groups in total. The van der Waals surface area contributed by atoms with Crippen molar-refractivity contribution in [2.75, 3.05) is 6.54 Å². The van der Waals surface area contributed by atoms with Crippen LogP contribution in [0, 0.1) is 23.7 Å². The monoisotopic (exact) mass is 207 g/mol. The molecule has 3 aliphatic carbocycles. The number of nitrogens with one attached hydrogen (secondary N) is 1. The van der Waals surface area contributed by atoms with E-state index in [2.05, 4.69) is 12.2 Å². The molecule has 1 nitrogen and oxygen atoms in total. The highest BCUT2D eigenvalue weighted by Gasteiger charge is 2.55. The standard InChI is InChI=1S/C14H25N/c1-2-8-15-13(9-10-6-7-10)14-11-4-3-5-12(11)14/h10-15H,2-9H2,1H3. The summed E-state index contributed by atoms with van der Waals surface area (Å²) in [5.41, 5.74) is 0. The molecule has 0 aliphatic heterocycles. The van der Waals surface area contributed by atoms with Crippen LogP contribution in [0.1, 0.15) is 51.9 Å². The largest absolute Gasteiger partial charge is 0.314 e. The van der Waals surface area contributed by atoms with Crippen LogP contribution in [-0.4, -0.2) is 12.6 Å². The van der Waals surface area contributed by atoms with Gasteiger partial charge >= 0.3 is 0 Å². The predicted molar refractivity (Wildman–Crippen MR) is 63.7 cm³/mol. The molecule has 3 unspecified atom stereocenters. The van der Waals surface area contributed by atoms with Crippen LogP contribution in [-0.2, 0) is 0 Å². The maximum atomic E-state index is 3.83. The summed E-state index contributed by atoms with van der Waals surface area (Å²) in [4.78, 5) is 0. The third kappa shape index (κ3) is 2.08. The van der Waals surface area contributed by atoms with Gasteiger partial charge in [0.15, 0.2) is 0 Å². The summed E-state index contributed by atoms with van der Waals surface area (Å²) in [6.45, 7) is 3.53. The second kappa shape index (κ2) is 4.08. The molecule has 0 aromatic rings. The van der Waals surface area contributed by atoms with Crippen molar-refractivity contribution in [2.24, 2.45) is 23.7 Å². The molecule has 3 rings (SSSR count). The number of hydrogen-bond acceptors (Lipinski definition) is 1. The molecule has 15 heavy (non-hydrogen) atoms. The molecular weight excluding hydrogens is 182 g/mol. The molecule has 0 bridgehead atoms. The molecule has 0 aromatic carbocycles. The Kier molecular flexibility index (Phi) is 2.76. The van der Waals surface area contributed by atoms with Gasteiger partial charge in [0.1, 0.15) is 0 Å². The van der Waals surface area contributed by atoms with Gasteiger partial charge in [-0.3, -0.25) is 0 Å². The fourth-order valence-corrected chi connectivity index (χ4v) is 3.89. The average Bonchev–Trinajstić information content (AvgIpc) is 3.13. The molecule has 0 aromatic heterocycles. The van der Waals surface area contributed by atoms with Crippen molar-refractivity contribution in [3.05, 3.63) is 0 Å². The number of rotatable bonds is 6. The first-order valence-electron chi connectivity index (χ1n) is 7.13. The van der Waals surface area contributed by atoms with Gasteiger partial charge in [-0.15, -0.1) is 0 Å². The van der Waals surface area contributed by atoms with E-state index in [-0.39, 0.29) is 0 Å². The van der Waals surface area contributed by atoms with Gasteiger partial charge in [-0.25, -0.2) is 0 Å². The normalized spacial score (nSPS) is 40.2. The van der Waals surface area contributed by atoms with E-state index in [0.29, 0.717) is 0 Å². The topological polar surface area (TPSA) is 12.0 Å². The summed E-state index contributed by atoms with van der Waals surface area (Å²) in [6.07, 6.45) is 10.4. The Balaban J connectivity index is 1.52. The minimum absolute atomic E-state index is 0.896. The van der Waals surface area contributed by atoms with Crippen LogP contribution in [0.3, 0.4) is 0 Å². The van der Waals surface area contributed by atoms with E-state index in [1.807, 2.05) is 0 Å². The van der Waals surface area contributed by atoms with Crippen LogP contribution in [0.5, 0.6) is 0 Å². The van der Waals surface area contributed by atoms with E-state index in [0.717, 1.165) is 29.7 Å². The van der Waals surface area contributed by atoms with E-state index in [1.165, 1.54) is 38.6 Å². The van der Waals surface area contributed by atoms with Gasteiger partial charge in [0, 0.05) is 6.04 Å². The lowest BCUT2D eigenvalue weighted by atomic mass is 9.99. The lowest BCUT2D eigenvalue weighted by molar-refractivity contribution is 0.371. The summed E-state index contributed by atoms with van der Waals surface area (Å²) < 4.78 is 0. The SMILES string of the molecule is CCCNC(CC1CC1)C1C2CCCC21. The van der Waals surface area contributed by atoms with Crippen LogP contribution in [0.4, 0.5) is 0 Å². The molecule has 86 valence electrons. The highest BCUT2D eigenvalue weighted by molar-refractivity contribution is 5.07. The Bertz CT molecular complexity index is 211. The van der Waals surface area contributed by atoms with Crippen LogP contribution in [0.25, 0.3) is 0 Å². The molecule has 0 amide bonds. The second-order valence-corrected chi connectivity index (χ2v) is 6.08. The minimum atomic E-state index is 0.896. The van der Waals surface area contributed by atoms with Crippen molar-refractivity contribution in [1.82, 2.24) is 5.32 Å². The van der Waals surface area contributed by atoms with Gasteiger partial charge in [0.25, 0.3) is 0 Å². The van der Waals surface area contributed by atoms with Gasteiger partial charge in [-0.1, -0.05) is 26.2 Å². The summed E-state index contributed by atoms with van der Waals surface area (Å²) in [7, 11) is 0. The van der Waals surface area contributed by atoms with E-state index < -0.39 is 0 Å². The maximum absolute atomic E-state index is 3.83. The average molecular weight is 207 g/mol. The molecule has 3 fully saturated rings. The zero-order valence-corrected chi connectivity index (χ0v) is 10.0. The van der Waals surface area contributed by atoms with Gasteiger partial charge in [-0.2, -0.15) is 0 Å². The highest BCUT2D eigenvalue weighted by Crippen LogP contribution is 2.60. The first-order valence-corrected chi connectivity index (χ1v) is 7.13. The first-order chi connectivity index (χ1) is 7.40. The number of hydrogen-bond donors (Lipinski definition) is 1. The Morgan fingerprint density at radius 1 is 1.13 bits per heavy atom. The quantitative estimate of drug-likeness (QED) is 0.705. The Morgan fingerprint density at radius 2 is 1.87 bits per heavy atom. The maximum Gasteiger partial charge on any atom is 0.0103 e. The van der Waals surface area contributed by atoms with Crippen LogP contribution in [0.2, 0.25) is 0 Å². The summed E-state index contributed by atoms with van der Waals surface area (Å²) >= 11 is 0. The fraction of sp³-hybridized carbons (Fsp3) is 1.00. The van der Waals surface area contributed by atoms with Crippen molar-refractivity contribution in [1.29, 1.82) is 0 Å². The smallest absolute Gasteiger partial charge is 0.0103 e. The van der Waals surface area contributed by atoms with Crippen molar-refractivity contribution < 1.29 is 0 Å². The Morgan fingerprint density at radius 3 is 2.47 bits per heavy atom. The second-order valence-electron chi connectivity index (χ2n) is 6.08. The molecule has 3 aliphatic rings. The molecule has 1 heteroatoms.